The lowest BCUT2D eigenvalue weighted by Gasteiger charge is -2.12. The molecule has 12 heteroatoms. The van der Waals surface area contributed by atoms with Gasteiger partial charge in [0, 0.05) is 54.9 Å². The van der Waals surface area contributed by atoms with E-state index in [2.05, 4.69) is 46.4 Å². The largest absolute Gasteiger partial charge is 0.416 e. The molecule has 0 spiro atoms. The van der Waals surface area contributed by atoms with Crippen LogP contribution < -0.4 is 0 Å². The van der Waals surface area contributed by atoms with Gasteiger partial charge in [0.15, 0.2) is 11.6 Å². The maximum Gasteiger partial charge on any atom is 0.416 e. The summed E-state index contributed by atoms with van der Waals surface area (Å²) in [6.45, 7) is 0. The second kappa shape index (κ2) is 15.9. The number of fused-ring (bicyclic) bond motifs is 24. The van der Waals surface area contributed by atoms with Gasteiger partial charge in [-0.15, -0.1) is 0 Å². The molecule has 362 valence electrons. The molecule has 0 amide bonds. The first kappa shape index (κ1) is 43.9. The molecular formula is C64H34F6N6. The highest BCUT2D eigenvalue weighted by atomic mass is 19.4. The molecular weight excluding hydrogens is 967 g/mol. The van der Waals surface area contributed by atoms with Gasteiger partial charge in [0.05, 0.1) is 33.5 Å². The van der Waals surface area contributed by atoms with Crippen LogP contribution in [0, 0.1) is 0 Å². The zero-order chi connectivity index (χ0) is 51.2. The van der Waals surface area contributed by atoms with Gasteiger partial charge in [-0.25, -0.2) is 19.9 Å². The van der Waals surface area contributed by atoms with Crippen molar-refractivity contribution in [2.45, 2.75) is 12.4 Å². The molecule has 0 saturated carbocycles. The van der Waals surface area contributed by atoms with E-state index in [0.29, 0.717) is 78.7 Å². The van der Waals surface area contributed by atoms with Crippen LogP contribution in [0.3, 0.4) is 0 Å². The van der Waals surface area contributed by atoms with E-state index in [1.165, 1.54) is 24.3 Å². The minimum absolute atomic E-state index is 0.384. The highest BCUT2D eigenvalue weighted by molar-refractivity contribution is 6.20. The molecule has 2 aliphatic heterocycles. The van der Waals surface area contributed by atoms with Gasteiger partial charge in [-0.3, -0.25) is 0 Å². The first-order chi connectivity index (χ1) is 36.9. The molecule has 0 atom stereocenters. The Hall–Kier alpha value is -9.68. The van der Waals surface area contributed by atoms with Crippen molar-refractivity contribution in [3.63, 3.8) is 0 Å². The quantitative estimate of drug-likeness (QED) is 0.169. The van der Waals surface area contributed by atoms with Crippen molar-refractivity contribution >= 4 is 87.0 Å². The fraction of sp³-hybridized carbons (Fsp3) is 0.0312. The predicted molar refractivity (Wildman–Crippen MR) is 291 cm³/mol. The van der Waals surface area contributed by atoms with Crippen LogP contribution >= 0.6 is 0 Å². The van der Waals surface area contributed by atoms with Crippen LogP contribution in [0.2, 0.25) is 0 Å². The summed E-state index contributed by atoms with van der Waals surface area (Å²) < 4.78 is 86.7. The molecule has 6 nitrogen and oxygen atoms in total. The lowest BCUT2D eigenvalue weighted by Crippen LogP contribution is -2.04. The topological polar surface area (TPSA) is 83.1 Å². The van der Waals surface area contributed by atoms with Crippen molar-refractivity contribution in [1.29, 1.82) is 0 Å². The number of nitrogens with zero attached hydrogens (tertiary/aromatic N) is 4. The smallest absolute Gasteiger partial charge is 0.339 e. The van der Waals surface area contributed by atoms with Gasteiger partial charge in [0.25, 0.3) is 0 Å². The number of aromatic amines is 2. The van der Waals surface area contributed by atoms with Gasteiger partial charge in [-0.05, 0) is 127 Å². The zero-order valence-electron chi connectivity index (χ0n) is 39.5. The minimum atomic E-state index is -4.62. The molecule has 0 saturated heterocycles. The number of H-pyrrole nitrogens is 2. The van der Waals surface area contributed by atoms with Gasteiger partial charge in [0.2, 0.25) is 0 Å². The summed E-state index contributed by atoms with van der Waals surface area (Å²) in [6.07, 6.45) is -9.24. The third kappa shape index (κ3) is 6.83. The zero-order valence-corrected chi connectivity index (χ0v) is 39.5. The van der Waals surface area contributed by atoms with Crippen molar-refractivity contribution in [1.82, 2.24) is 29.9 Å². The number of rotatable bonds is 2. The lowest BCUT2D eigenvalue weighted by atomic mass is 9.91. The summed E-state index contributed by atoms with van der Waals surface area (Å²) in [5.74, 6) is 0.768. The maximum absolute atomic E-state index is 14.5. The van der Waals surface area contributed by atoms with Crippen molar-refractivity contribution in [2.75, 3.05) is 0 Å². The third-order valence-electron chi connectivity index (χ3n) is 14.9. The molecule has 8 bridgehead atoms. The summed E-state index contributed by atoms with van der Waals surface area (Å²) in [6, 6.07) is 58.2. The number of hydrogen-bond donors (Lipinski definition) is 2. The van der Waals surface area contributed by atoms with E-state index in [1.54, 1.807) is 0 Å². The van der Waals surface area contributed by atoms with E-state index < -0.39 is 23.5 Å². The fourth-order valence-corrected chi connectivity index (χ4v) is 11.3. The Morgan fingerprint density at radius 1 is 0.303 bits per heavy atom. The van der Waals surface area contributed by atoms with Gasteiger partial charge in [-0.1, -0.05) is 121 Å². The Balaban J connectivity index is 1.22. The van der Waals surface area contributed by atoms with Crippen molar-refractivity contribution < 1.29 is 26.3 Å². The van der Waals surface area contributed by atoms with Gasteiger partial charge in [-0.2, -0.15) is 26.3 Å². The van der Waals surface area contributed by atoms with E-state index >= 15 is 0 Å². The Morgan fingerprint density at radius 2 is 0.605 bits per heavy atom. The van der Waals surface area contributed by atoms with Crippen LogP contribution in [-0.4, -0.2) is 29.9 Å². The molecule has 0 radical (unpaired) electrons. The Bertz CT molecular complexity index is 4540. The maximum atomic E-state index is 14.5. The lowest BCUT2D eigenvalue weighted by molar-refractivity contribution is -0.138. The molecule has 15 rings (SSSR count). The normalized spacial score (nSPS) is 12.6. The molecule has 10 aromatic carbocycles. The van der Waals surface area contributed by atoms with Gasteiger partial charge < -0.3 is 9.97 Å². The standard InChI is InChI=1S/C64H34F6N6/c65-63(66,67)43-21-17-33(18-22-43)53-55-45-25-35-9-1-2-10-36(35)26-46(45)56(71-55)54(34-19-23-44(24-20-34)64(68,69)70)58-48-28-38-12-4-6-14-40(38)30-50(48)60(73-58)75-62-52-32-42-16-8-7-15-41(42)31-51(52)61(76-62)74-59-49-29-39-13-5-3-11-37(39)27-47(49)57(53)72-59/h1-32H,(H2,72,73,74,75,76). The number of halogens is 6. The Labute approximate surface area is 426 Å². The highest BCUT2D eigenvalue weighted by Gasteiger charge is 2.33. The highest BCUT2D eigenvalue weighted by Crippen LogP contribution is 2.50. The van der Waals surface area contributed by atoms with Crippen LogP contribution in [0.1, 0.15) is 11.1 Å². The van der Waals surface area contributed by atoms with Gasteiger partial charge in [0.1, 0.15) is 11.3 Å². The number of aromatic nitrogens is 6. The van der Waals surface area contributed by atoms with Crippen molar-refractivity contribution in [2.24, 2.45) is 0 Å². The molecule has 76 heavy (non-hydrogen) atoms. The second-order valence-corrected chi connectivity index (χ2v) is 19.4. The van der Waals surface area contributed by atoms with Crippen LogP contribution in [0.15, 0.2) is 194 Å². The number of nitrogens with one attached hydrogen (secondary N) is 2. The summed E-state index contributed by atoms with van der Waals surface area (Å²) in [5.41, 5.74) is 5.76. The Morgan fingerprint density at radius 3 is 0.934 bits per heavy atom. The molecule has 3 aromatic heterocycles. The number of alkyl halides is 6. The summed E-state index contributed by atoms with van der Waals surface area (Å²) in [5, 5.41) is 10.3. The van der Waals surface area contributed by atoms with E-state index in [4.69, 9.17) is 19.9 Å². The fourth-order valence-electron chi connectivity index (χ4n) is 11.3. The van der Waals surface area contributed by atoms with Crippen LogP contribution in [0.5, 0.6) is 0 Å². The van der Waals surface area contributed by atoms with E-state index in [9.17, 15) is 26.3 Å². The average molecular weight is 1000 g/mol. The molecule has 2 aliphatic rings. The summed E-state index contributed by atoms with van der Waals surface area (Å²) in [4.78, 5) is 29.1. The van der Waals surface area contributed by atoms with E-state index in [1.807, 2.05) is 109 Å². The predicted octanol–water partition coefficient (Wildman–Crippen LogP) is 18.1. The number of benzene rings is 10. The van der Waals surface area contributed by atoms with Crippen molar-refractivity contribution in [3.8, 4) is 67.5 Å². The molecule has 2 N–H and O–H groups in total. The third-order valence-corrected chi connectivity index (χ3v) is 14.9. The van der Waals surface area contributed by atoms with Crippen LogP contribution in [0.25, 0.3) is 155 Å². The minimum Gasteiger partial charge on any atom is -0.339 e. The van der Waals surface area contributed by atoms with Crippen molar-refractivity contribution in [3.05, 3.63) is 205 Å². The average Bonchev–Trinajstić information content (AvgIpc) is 4.32. The molecule has 13 aromatic rings. The van der Waals surface area contributed by atoms with Crippen LogP contribution in [0.4, 0.5) is 26.3 Å². The number of hydrogen-bond acceptors (Lipinski definition) is 4. The monoisotopic (exact) mass is 1000 g/mol. The summed E-state index contributed by atoms with van der Waals surface area (Å²) in [7, 11) is 0. The van der Waals surface area contributed by atoms with E-state index in [-0.39, 0.29) is 0 Å². The van der Waals surface area contributed by atoms with Crippen LogP contribution in [-0.2, 0) is 12.4 Å². The first-order valence-corrected chi connectivity index (χ1v) is 24.5. The second-order valence-electron chi connectivity index (χ2n) is 19.4. The Kier molecular flexibility index (Phi) is 9.18. The van der Waals surface area contributed by atoms with E-state index in [0.717, 1.165) is 100 Å². The molecule has 0 unspecified atom stereocenters. The molecule has 0 fully saturated rings. The SMILES string of the molecule is FC(F)(F)c1ccc(-c2c3nc(c(-c4ccc(C(F)(F)F)cc4)c4[nH]c(nc5nc(nc6[nH]c2c2cc7ccccc7cc62)-c2cc6ccccc6cc2-5)c2cc5ccccc5cc42)-c2cc4ccccc4cc2-3)cc1. The molecule has 5 heterocycles. The first-order valence-electron chi connectivity index (χ1n) is 24.5. The molecule has 0 aliphatic carbocycles. The van der Waals surface area contributed by atoms with Gasteiger partial charge >= 0.3 is 12.4 Å². The summed E-state index contributed by atoms with van der Waals surface area (Å²) >= 11 is 0.